The fourth-order valence-electron chi connectivity index (χ4n) is 4.08. The third-order valence-electron chi connectivity index (χ3n) is 5.74. The number of amides is 1. The van der Waals surface area contributed by atoms with E-state index in [1.54, 1.807) is 32.2 Å². The van der Waals surface area contributed by atoms with Crippen molar-refractivity contribution in [3.05, 3.63) is 71.9 Å². The number of carbonyl (C=O) groups is 2. The number of fused-ring (bicyclic) bond motifs is 2. The monoisotopic (exact) mass is 446 g/mol. The predicted molar refractivity (Wildman–Crippen MR) is 128 cm³/mol. The first kappa shape index (κ1) is 22.2. The summed E-state index contributed by atoms with van der Waals surface area (Å²) in [5.41, 5.74) is 2.05. The molecule has 1 amide bonds. The third kappa shape index (κ3) is 3.98. The number of methoxy groups -OCH3 is 2. The number of nitrogens with one attached hydrogen (secondary N) is 1. The van der Waals surface area contributed by atoms with E-state index >= 15 is 0 Å². The fraction of sp³-hybridized carbons (Fsp3) is 0.231. The summed E-state index contributed by atoms with van der Waals surface area (Å²) in [6, 6.07) is 16.6. The maximum atomic E-state index is 13.5. The summed E-state index contributed by atoms with van der Waals surface area (Å²) in [6.45, 7) is 3.75. The Bertz CT molecular complexity index is 1250. The Morgan fingerprint density at radius 1 is 1.06 bits per heavy atom. The van der Waals surface area contributed by atoms with E-state index in [0.717, 1.165) is 16.5 Å². The number of nitrogens with zero attached hydrogens (tertiary/aromatic N) is 1. The van der Waals surface area contributed by atoms with Gasteiger partial charge in [-0.05, 0) is 31.4 Å². The average Bonchev–Trinajstić information content (AvgIpc) is 2.83. The average molecular weight is 447 g/mol. The van der Waals surface area contributed by atoms with Gasteiger partial charge in [-0.2, -0.15) is 0 Å². The van der Waals surface area contributed by atoms with E-state index in [-0.39, 0.29) is 12.4 Å². The summed E-state index contributed by atoms with van der Waals surface area (Å²) < 4.78 is 16.1. The van der Waals surface area contributed by atoms with Crippen LogP contribution in [0.3, 0.4) is 0 Å². The number of carbonyl (C=O) groups excluding carboxylic acids is 2. The van der Waals surface area contributed by atoms with Crippen LogP contribution >= 0.6 is 0 Å². The standard InChI is InChI=1S/C26H26N2O5/c1-5-33-26(30)28-16(2)20(15-27-21-12-8-10-17-9-6-7-11-18(17)21)25(29)19-13-23(31-3)24(32-4)14-22(19)28/h6-16,27H,5H2,1-4H3. The molecule has 7 nitrogen and oxygen atoms in total. The molecule has 1 atom stereocenters. The number of hydrogen-bond donors (Lipinski definition) is 1. The fourth-order valence-corrected chi connectivity index (χ4v) is 4.08. The minimum atomic E-state index is -0.565. The highest BCUT2D eigenvalue weighted by Gasteiger charge is 2.38. The maximum absolute atomic E-state index is 13.5. The van der Waals surface area contributed by atoms with E-state index in [9.17, 15) is 9.59 Å². The second-order valence-corrected chi connectivity index (χ2v) is 7.57. The van der Waals surface area contributed by atoms with Crippen molar-refractivity contribution in [3.63, 3.8) is 0 Å². The number of benzene rings is 3. The molecule has 4 rings (SSSR count). The highest BCUT2D eigenvalue weighted by atomic mass is 16.6. The van der Waals surface area contributed by atoms with Crippen molar-refractivity contribution < 1.29 is 23.8 Å². The molecule has 1 heterocycles. The molecule has 7 heteroatoms. The predicted octanol–water partition coefficient (Wildman–Crippen LogP) is 5.40. The lowest BCUT2D eigenvalue weighted by Crippen LogP contribution is -2.46. The molecular formula is C26H26N2O5. The first-order valence-electron chi connectivity index (χ1n) is 10.7. The lowest BCUT2D eigenvalue weighted by atomic mass is 9.90. The number of rotatable bonds is 5. The molecule has 0 saturated heterocycles. The highest BCUT2D eigenvalue weighted by molar-refractivity contribution is 6.18. The molecule has 0 fully saturated rings. The van der Waals surface area contributed by atoms with Gasteiger partial charge in [0.2, 0.25) is 0 Å². The molecule has 0 radical (unpaired) electrons. The second-order valence-electron chi connectivity index (χ2n) is 7.57. The summed E-state index contributed by atoms with van der Waals surface area (Å²) in [4.78, 5) is 27.9. The number of ether oxygens (including phenoxy) is 3. The van der Waals surface area contributed by atoms with Gasteiger partial charge in [0.05, 0.1) is 38.1 Å². The number of ketones is 1. The van der Waals surface area contributed by atoms with Gasteiger partial charge in [0.25, 0.3) is 0 Å². The summed E-state index contributed by atoms with van der Waals surface area (Å²) in [7, 11) is 3.01. The van der Waals surface area contributed by atoms with Gasteiger partial charge in [-0.1, -0.05) is 36.4 Å². The molecule has 33 heavy (non-hydrogen) atoms. The first-order valence-corrected chi connectivity index (χ1v) is 10.7. The van der Waals surface area contributed by atoms with Crippen LogP contribution in [0.5, 0.6) is 11.5 Å². The molecule has 3 aromatic rings. The van der Waals surface area contributed by atoms with Crippen molar-refractivity contribution in [2.75, 3.05) is 31.0 Å². The molecule has 1 aliphatic heterocycles. The van der Waals surface area contributed by atoms with Crippen LogP contribution in [0.2, 0.25) is 0 Å². The van der Waals surface area contributed by atoms with Crippen LogP contribution in [0, 0.1) is 0 Å². The summed E-state index contributed by atoms with van der Waals surface area (Å²) in [5, 5.41) is 5.39. The van der Waals surface area contributed by atoms with E-state index in [0.29, 0.717) is 28.3 Å². The molecule has 0 aliphatic carbocycles. The molecule has 0 spiro atoms. The van der Waals surface area contributed by atoms with Crippen molar-refractivity contribution in [2.24, 2.45) is 0 Å². The van der Waals surface area contributed by atoms with Crippen LogP contribution in [0.15, 0.2) is 66.4 Å². The van der Waals surface area contributed by atoms with Crippen LogP contribution < -0.4 is 19.7 Å². The highest BCUT2D eigenvalue weighted by Crippen LogP contribution is 2.41. The summed E-state index contributed by atoms with van der Waals surface area (Å²) >= 11 is 0. The van der Waals surface area contributed by atoms with E-state index in [1.807, 2.05) is 42.5 Å². The van der Waals surface area contributed by atoms with Crippen LogP contribution in [0.1, 0.15) is 24.2 Å². The van der Waals surface area contributed by atoms with E-state index in [1.165, 1.54) is 19.1 Å². The van der Waals surface area contributed by atoms with Gasteiger partial charge in [0.15, 0.2) is 17.3 Å². The van der Waals surface area contributed by atoms with Gasteiger partial charge < -0.3 is 19.5 Å². The minimum Gasteiger partial charge on any atom is -0.493 e. The topological polar surface area (TPSA) is 77.1 Å². The lowest BCUT2D eigenvalue weighted by molar-refractivity contribution is 0.102. The molecule has 0 bridgehead atoms. The largest absolute Gasteiger partial charge is 0.493 e. The Hall–Kier alpha value is -4.00. The maximum Gasteiger partial charge on any atom is 0.414 e. The zero-order valence-electron chi connectivity index (χ0n) is 19.0. The zero-order chi connectivity index (χ0) is 23.5. The number of hydrogen-bond acceptors (Lipinski definition) is 6. The molecular weight excluding hydrogens is 420 g/mol. The summed E-state index contributed by atoms with van der Waals surface area (Å²) in [6.07, 6.45) is 1.13. The Kier molecular flexibility index (Phi) is 6.22. The Morgan fingerprint density at radius 3 is 2.48 bits per heavy atom. The van der Waals surface area contributed by atoms with Crippen LogP contribution in [-0.2, 0) is 4.74 Å². The quantitative estimate of drug-likeness (QED) is 0.529. The van der Waals surface area contributed by atoms with Crippen molar-refractivity contribution in [1.29, 1.82) is 0 Å². The third-order valence-corrected chi connectivity index (χ3v) is 5.74. The second kappa shape index (κ2) is 9.24. The van der Waals surface area contributed by atoms with Crippen LogP contribution in [0.25, 0.3) is 10.8 Å². The molecule has 3 aromatic carbocycles. The number of Topliss-reactive ketones (excluding diaryl/α,β-unsaturated/α-hetero) is 1. The molecule has 1 N–H and O–H groups in total. The van der Waals surface area contributed by atoms with Gasteiger partial charge in [-0.25, -0.2) is 4.79 Å². The van der Waals surface area contributed by atoms with Crippen molar-refractivity contribution in [2.45, 2.75) is 19.9 Å². The van der Waals surface area contributed by atoms with Gasteiger partial charge >= 0.3 is 6.09 Å². The summed E-state index contributed by atoms with van der Waals surface area (Å²) in [5.74, 6) is 0.628. The van der Waals surface area contributed by atoms with E-state index in [2.05, 4.69) is 5.32 Å². The SMILES string of the molecule is CCOC(=O)N1c2cc(OC)c(OC)cc2C(=O)C(=CNc2cccc3ccccc23)C1C. The normalized spacial score (nSPS) is 16.5. The first-order chi connectivity index (χ1) is 16.0. The zero-order valence-corrected chi connectivity index (χ0v) is 19.0. The minimum absolute atomic E-state index is 0.202. The van der Waals surface area contributed by atoms with Gasteiger partial charge in [-0.3, -0.25) is 9.69 Å². The molecule has 170 valence electrons. The van der Waals surface area contributed by atoms with Gasteiger partial charge in [0, 0.05) is 28.9 Å². The van der Waals surface area contributed by atoms with Gasteiger partial charge in [0.1, 0.15) is 0 Å². The Morgan fingerprint density at radius 2 is 1.76 bits per heavy atom. The van der Waals surface area contributed by atoms with E-state index < -0.39 is 12.1 Å². The number of anilines is 2. The Balaban J connectivity index is 1.81. The van der Waals surface area contributed by atoms with Crippen molar-refractivity contribution in [1.82, 2.24) is 0 Å². The molecule has 0 saturated carbocycles. The molecule has 0 aromatic heterocycles. The van der Waals surface area contributed by atoms with Crippen LogP contribution in [0.4, 0.5) is 16.2 Å². The van der Waals surface area contributed by atoms with E-state index in [4.69, 9.17) is 14.2 Å². The Labute approximate surface area is 192 Å². The van der Waals surface area contributed by atoms with Crippen LogP contribution in [-0.4, -0.2) is 38.7 Å². The van der Waals surface area contributed by atoms with Crippen molar-refractivity contribution in [3.8, 4) is 11.5 Å². The van der Waals surface area contributed by atoms with Crippen molar-refractivity contribution >= 4 is 34.0 Å². The lowest BCUT2D eigenvalue weighted by Gasteiger charge is -2.35. The smallest absolute Gasteiger partial charge is 0.414 e. The van der Waals surface area contributed by atoms with Gasteiger partial charge in [-0.15, -0.1) is 0 Å². The molecule has 1 aliphatic rings. The molecule has 1 unspecified atom stereocenters.